The normalized spacial score (nSPS) is 9.33. The second kappa shape index (κ2) is 12.8. The molecule has 0 atom stereocenters. The fourth-order valence-electron chi connectivity index (χ4n) is 2.57. The van der Waals surface area contributed by atoms with Gasteiger partial charge in [0.05, 0.1) is 5.56 Å². The van der Waals surface area contributed by atoms with E-state index in [0.29, 0.717) is 16.7 Å². The molecule has 1 heterocycles. The van der Waals surface area contributed by atoms with E-state index in [-0.39, 0.29) is 5.91 Å². The summed E-state index contributed by atoms with van der Waals surface area (Å²) in [5, 5.41) is 0. The molecule has 0 radical (unpaired) electrons. The molecule has 0 aliphatic heterocycles. The Bertz CT molecular complexity index is 1120. The summed E-state index contributed by atoms with van der Waals surface area (Å²) in [5.41, 5.74) is 18.8. The first kappa shape index (κ1) is 24.5. The van der Waals surface area contributed by atoms with Crippen molar-refractivity contribution in [3.63, 3.8) is 0 Å². The molecule has 7 nitrogen and oxygen atoms in total. The lowest BCUT2D eigenvalue weighted by atomic mass is 10.0. The van der Waals surface area contributed by atoms with Gasteiger partial charge in [0.2, 0.25) is 17.7 Å². The fraction of sp³-hybridized carbons (Fsp3) is 0. The van der Waals surface area contributed by atoms with Crippen LogP contribution in [0.25, 0.3) is 11.1 Å². The zero-order valence-corrected chi connectivity index (χ0v) is 17.8. The SMILES string of the molecule is NC(=O)c1ccc(-c2ccccc2)cc1.NC(=O)c1ccccc1.NC(=O)c1cccnc1. The predicted octanol–water partition coefficient (Wildman–Crippen LogP) is 3.42. The van der Waals surface area contributed by atoms with E-state index in [0.717, 1.165) is 11.1 Å². The predicted molar refractivity (Wildman–Crippen MR) is 128 cm³/mol. The van der Waals surface area contributed by atoms with E-state index < -0.39 is 11.8 Å². The molecule has 1 aromatic heterocycles. The summed E-state index contributed by atoms with van der Waals surface area (Å²) in [6, 6.07) is 29.3. The van der Waals surface area contributed by atoms with Crippen molar-refractivity contribution in [1.29, 1.82) is 0 Å². The van der Waals surface area contributed by atoms with Crippen LogP contribution in [0.4, 0.5) is 0 Å². The number of pyridine rings is 1. The second-order valence-electron chi connectivity index (χ2n) is 6.64. The van der Waals surface area contributed by atoms with Gasteiger partial charge in [-0.05, 0) is 47.5 Å². The monoisotopic (exact) mass is 440 g/mol. The van der Waals surface area contributed by atoms with Crippen LogP contribution < -0.4 is 17.2 Å². The van der Waals surface area contributed by atoms with Crippen molar-refractivity contribution in [3.8, 4) is 11.1 Å². The minimum Gasteiger partial charge on any atom is -0.366 e. The molecule has 3 aromatic carbocycles. The van der Waals surface area contributed by atoms with Crippen LogP contribution >= 0.6 is 0 Å². The lowest BCUT2D eigenvalue weighted by molar-refractivity contribution is 0.0991. The van der Waals surface area contributed by atoms with Crippen LogP contribution in [-0.2, 0) is 0 Å². The number of primary amides is 3. The van der Waals surface area contributed by atoms with E-state index in [4.69, 9.17) is 17.2 Å². The van der Waals surface area contributed by atoms with Gasteiger partial charge in [-0.3, -0.25) is 19.4 Å². The highest BCUT2D eigenvalue weighted by Gasteiger charge is 2.00. The highest BCUT2D eigenvalue weighted by atomic mass is 16.1. The summed E-state index contributed by atoms with van der Waals surface area (Å²) in [6.45, 7) is 0. The Morgan fingerprint density at radius 2 is 0.909 bits per heavy atom. The third kappa shape index (κ3) is 8.47. The molecule has 7 heteroatoms. The number of aromatic nitrogens is 1. The van der Waals surface area contributed by atoms with Gasteiger partial charge in [0, 0.05) is 23.5 Å². The first-order valence-electron chi connectivity index (χ1n) is 9.88. The van der Waals surface area contributed by atoms with Crippen LogP contribution in [0.3, 0.4) is 0 Å². The molecule has 0 aliphatic carbocycles. The zero-order chi connectivity index (χ0) is 24.1. The number of hydrogen-bond acceptors (Lipinski definition) is 4. The standard InChI is InChI=1S/C13H11NO.C7H7NO.C6H6N2O/c14-13(15)12-8-6-11(7-9-12)10-4-2-1-3-5-10;8-7(9)6-4-2-1-3-5-6;7-6(9)5-2-1-3-8-4-5/h1-9H,(H2,14,15);1-5H,(H2,8,9);1-4H,(H2,7,9). The molecule has 0 fully saturated rings. The van der Waals surface area contributed by atoms with Crippen LogP contribution in [-0.4, -0.2) is 22.7 Å². The quantitative estimate of drug-likeness (QED) is 0.447. The van der Waals surface area contributed by atoms with Gasteiger partial charge in [0.1, 0.15) is 0 Å². The van der Waals surface area contributed by atoms with E-state index in [2.05, 4.69) is 4.98 Å². The van der Waals surface area contributed by atoms with Gasteiger partial charge >= 0.3 is 0 Å². The van der Waals surface area contributed by atoms with Crippen LogP contribution in [0.5, 0.6) is 0 Å². The molecule has 0 aliphatic rings. The minimum atomic E-state index is -0.442. The average Bonchev–Trinajstić information content (AvgIpc) is 2.86. The van der Waals surface area contributed by atoms with E-state index >= 15 is 0 Å². The van der Waals surface area contributed by atoms with Gasteiger partial charge in [0.25, 0.3) is 0 Å². The van der Waals surface area contributed by atoms with Crippen LogP contribution in [0.1, 0.15) is 31.1 Å². The molecule has 0 spiro atoms. The number of nitrogens with zero attached hydrogens (tertiary/aromatic N) is 1. The molecule has 4 aromatic rings. The molecular weight excluding hydrogens is 416 g/mol. The zero-order valence-electron chi connectivity index (χ0n) is 17.8. The lowest BCUT2D eigenvalue weighted by Gasteiger charge is -2.01. The molecule has 0 saturated carbocycles. The van der Waals surface area contributed by atoms with E-state index in [1.165, 1.54) is 6.20 Å². The molecular formula is C26H24N4O3. The number of hydrogen-bond donors (Lipinski definition) is 3. The van der Waals surface area contributed by atoms with E-state index in [1.807, 2.05) is 48.5 Å². The Hall–Kier alpha value is -4.78. The smallest absolute Gasteiger partial charge is 0.250 e. The van der Waals surface area contributed by atoms with E-state index in [9.17, 15) is 14.4 Å². The number of carbonyl (C=O) groups excluding carboxylic acids is 3. The molecule has 6 N–H and O–H groups in total. The number of nitrogens with two attached hydrogens (primary N) is 3. The van der Waals surface area contributed by atoms with Crippen LogP contribution in [0, 0.1) is 0 Å². The maximum atomic E-state index is 10.9. The van der Waals surface area contributed by atoms with Crippen molar-refractivity contribution in [2.24, 2.45) is 17.2 Å². The van der Waals surface area contributed by atoms with Crippen molar-refractivity contribution in [1.82, 2.24) is 4.98 Å². The lowest BCUT2D eigenvalue weighted by Crippen LogP contribution is -2.10. The van der Waals surface area contributed by atoms with Crippen molar-refractivity contribution >= 4 is 17.7 Å². The van der Waals surface area contributed by atoms with Gasteiger partial charge in [-0.25, -0.2) is 0 Å². The van der Waals surface area contributed by atoms with Crippen molar-refractivity contribution in [2.45, 2.75) is 0 Å². The topological polar surface area (TPSA) is 142 Å². The summed E-state index contributed by atoms with van der Waals surface area (Å²) in [6.07, 6.45) is 3.02. The Balaban J connectivity index is 0.000000186. The summed E-state index contributed by atoms with van der Waals surface area (Å²) >= 11 is 0. The molecule has 3 amide bonds. The van der Waals surface area contributed by atoms with Gasteiger partial charge in [-0.2, -0.15) is 0 Å². The number of amides is 3. The third-order valence-corrected chi connectivity index (χ3v) is 4.28. The number of benzene rings is 3. The Kier molecular flexibility index (Phi) is 9.51. The first-order valence-corrected chi connectivity index (χ1v) is 9.88. The Morgan fingerprint density at radius 1 is 0.485 bits per heavy atom. The van der Waals surface area contributed by atoms with Gasteiger partial charge < -0.3 is 17.2 Å². The summed E-state index contributed by atoms with van der Waals surface area (Å²) in [5.74, 6) is -1.21. The molecule has 4 rings (SSSR count). The maximum Gasteiger partial charge on any atom is 0.250 e. The van der Waals surface area contributed by atoms with Crippen molar-refractivity contribution in [3.05, 3.63) is 126 Å². The van der Waals surface area contributed by atoms with Crippen LogP contribution in [0.2, 0.25) is 0 Å². The van der Waals surface area contributed by atoms with Crippen molar-refractivity contribution in [2.75, 3.05) is 0 Å². The van der Waals surface area contributed by atoms with Crippen molar-refractivity contribution < 1.29 is 14.4 Å². The van der Waals surface area contributed by atoms with E-state index in [1.54, 1.807) is 54.7 Å². The Labute approximate surface area is 191 Å². The number of rotatable bonds is 4. The first-order chi connectivity index (χ1) is 15.9. The minimum absolute atomic E-state index is 0.379. The largest absolute Gasteiger partial charge is 0.366 e. The summed E-state index contributed by atoms with van der Waals surface area (Å²) < 4.78 is 0. The van der Waals surface area contributed by atoms with Gasteiger partial charge in [-0.1, -0.05) is 60.7 Å². The average molecular weight is 441 g/mol. The maximum absolute atomic E-state index is 10.9. The number of carbonyl (C=O) groups is 3. The molecule has 0 bridgehead atoms. The fourth-order valence-corrected chi connectivity index (χ4v) is 2.57. The van der Waals surface area contributed by atoms with Gasteiger partial charge in [0.15, 0.2) is 0 Å². The highest BCUT2D eigenvalue weighted by molar-refractivity contribution is 5.93. The molecule has 0 saturated heterocycles. The summed E-state index contributed by atoms with van der Waals surface area (Å²) in [4.78, 5) is 35.4. The Morgan fingerprint density at radius 3 is 1.30 bits per heavy atom. The second-order valence-corrected chi connectivity index (χ2v) is 6.64. The van der Waals surface area contributed by atoms with Crippen LogP contribution in [0.15, 0.2) is 109 Å². The molecule has 0 unspecified atom stereocenters. The summed E-state index contributed by atoms with van der Waals surface area (Å²) in [7, 11) is 0. The molecule has 33 heavy (non-hydrogen) atoms. The molecule has 166 valence electrons. The highest BCUT2D eigenvalue weighted by Crippen LogP contribution is 2.18. The third-order valence-electron chi connectivity index (χ3n) is 4.28. The van der Waals surface area contributed by atoms with Gasteiger partial charge in [-0.15, -0.1) is 0 Å².